The molecule has 1 aromatic heterocycles. The highest BCUT2D eigenvalue weighted by molar-refractivity contribution is 5.90. The van der Waals surface area contributed by atoms with Crippen LogP contribution in [-0.4, -0.2) is 65.2 Å². The monoisotopic (exact) mass is 433 g/mol. The lowest BCUT2D eigenvalue weighted by molar-refractivity contribution is 0.0150. The van der Waals surface area contributed by atoms with Gasteiger partial charge in [0.15, 0.2) is 0 Å². The van der Waals surface area contributed by atoms with E-state index in [-0.39, 0.29) is 17.9 Å². The number of benzene rings is 2. The van der Waals surface area contributed by atoms with Crippen molar-refractivity contribution in [3.8, 4) is 17.2 Å². The van der Waals surface area contributed by atoms with E-state index in [0.717, 1.165) is 23.5 Å². The van der Waals surface area contributed by atoms with Gasteiger partial charge in [0, 0.05) is 24.8 Å². The van der Waals surface area contributed by atoms with Gasteiger partial charge in [-0.3, -0.25) is 9.69 Å². The molecule has 5 rings (SSSR count). The Morgan fingerprint density at radius 3 is 2.47 bits per heavy atom. The third-order valence-electron chi connectivity index (χ3n) is 5.99. The van der Waals surface area contributed by atoms with Crippen LogP contribution in [0.15, 0.2) is 52.9 Å². The van der Waals surface area contributed by atoms with Crippen molar-refractivity contribution in [2.24, 2.45) is 0 Å². The lowest BCUT2D eigenvalue weighted by Crippen LogP contribution is -2.56. The fraction of sp³-hybridized carbons (Fsp3) is 0.375. The summed E-state index contributed by atoms with van der Waals surface area (Å²) in [5.74, 6) is 0.898. The summed E-state index contributed by atoms with van der Waals surface area (Å²) in [5, 5.41) is 11.0. The molecule has 0 unspecified atom stereocenters. The lowest BCUT2D eigenvalue weighted by atomic mass is 10.1. The van der Waals surface area contributed by atoms with Crippen molar-refractivity contribution < 1.29 is 13.9 Å². The van der Waals surface area contributed by atoms with Crippen LogP contribution < -0.4 is 10.1 Å². The maximum atomic E-state index is 12.6. The Hall–Kier alpha value is -3.39. The fourth-order valence-electron chi connectivity index (χ4n) is 4.08. The van der Waals surface area contributed by atoms with Crippen LogP contribution >= 0.6 is 0 Å². The Kier molecular flexibility index (Phi) is 5.77. The summed E-state index contributed by atoms with van der Waals surface area (Å²) < 4.78 is 11.6. The molecule has 3 aromatic rings. The summed E-state index contributed by atoms with van der Waals surface area (Å²) in [6.45, 7) is 4.38. The molecule has 2 aliphatic rings. The SMILES string of the molecule is CNc1ccc(-c2nnc(C(=O)N3CC(Oc4ccc(CN5CCCC5)cc4)C3)o2)cc1. The second-order valence-corrected chi connectivity index (χ2v) is 8.32. The van der Waals surface area contributed by atoms with Gasteiger partial charge in [-0.1, -0.05) is 12.1 Å². The average molecular weight is 434 g/mol. The molecule has 0 atom stereocenters. The molecule has 1 amide bonds. The molecule has 0 aliphatic carbocycles. The molecule has 0 saturated carbocycles. The Balaban J connectivity index is 1.12. The molecule has 2 aliphatic heterocycles. The number of nitrogens with zero attached hydrogens (tertiary/aromatic N) is 4. The molecule has 2 aromatic carbocycles. The first kappa shape index (κ1) is 20.5. The minimum atomic E-state index is -0.267. The van der Waals surface area contributed by atoms with Gasteiger partial charge >= 0.3 is 11.8 Å². The minimum Gasteiger partial charge on any atom is -0.487 e. The van der Waals surface area contributed by atoms with Crippen molar-refractivity contribution in [1.82, 2.24) is 20.0 Å². The first-order valence-electron chi connectivity index (χ1n) is 11.1. The standard InChI is InChI=1S/C24H27N5O3/c1-25-19-8-6-18(7-9-19)22-26-27-23(32-22)24(30)29-15-21(16-29)31-20-10-4-17(5-11-20)14-28-12-2-3-13-28/h4-11,21,25H,2-3,12-16H2,1H3. The molecule has 8 nitrogen and oxygen atoms in total. The van der Waals surface area contributed by atoms with Crippen molar-refractivity contribution >= 4 is 11.6 Å². The maximum absolute atomic E-state index is 12.6. The van der Waals surface area contributed by atoms with Gasteiger partial charge in [-0.25, -0.2) is 0 Å². The van der Waals surface area contributed by atoms with Crippen molar-refractivity contribution in [2.75, 3.05) is 38.5 Å². The molecule has 3 heterocycles. The van der Waals surface area contributed by atoms with Crippen LogP contribution in [-0.2, 0) is 6.54 Å². The van der Waals surface area contributed by atoms with Crippen LogP contribution in [0.3, 0.4) is 0 Å². The highest BCUT2D eigenvalue weighted by atomic mass is 16.5. The van der Waals surface area contributed by atoms with Gasteiger partial charge in [0.05, 0.1) is 13.1 Å². The second-order valence-electron chi connectivity index (χ2n) is 8.32. The van der Waals surface area contributed by atoms with E-state index in [4.69, 9.17) is 9.15 Å². The predicted octanol–water partition coefficient (Wildman–Crippen LogP) is 3.28. The normalized spacial score (nSPS) is 16.7. The number of ether oxygens (including phenoxy) is 1. The quantitative estimate of drug-likeness (QED) is 0.612. The van der Waals surface area contributed by atoms with E-state index in [2.05, 4.69) is 32.5 Å². The van der Waals surface area contributed by atoms with Crippen LogP contribution in [0.2, 0.25) is 0 Å². The van der Waals surface area contributed by atoms with E-state index in [1.807, 2.05) is 43.4 Å². The number of likely N-dealkylation sites (tertiary alicyclic amines) is 2. The van der Waals surface area contributed by atoms with Gasteiger partial charge in [-0.15, -0.1) is 10.2 Å². The number of hydrogen-bond acceptors (Lipinski definition) is 7. The van der Waals surface area contributed by atoms with Crippen LogP contribution in [0.5, 0.6) is 5.75 Å². The Morgan fingerprint density at radius 2 is 1.78 bits per heavy atom. The highest BCUT2D eigenvalue weighted by Gasteiger charge is 2.35. The van der Waals surface area contributed by atoms with Crippen LogP contribution in [0, 0.1) is 0 Å². The number of aromatic nitrogens is 2. The minimum absolute atomic E-state index is 0.00223. The number of anilines is 1. The average Bonchev–Trinajstić information content (AvgIpc) is 3.49. The zero-order valence-electron chi connectivity index (χ0n) is 18.2. The molecule has 1 N–H and O–H groups in total. The zero-order valence-corrected chi connectivity index (χ0v) is 18.2. The van der Waals surface area contributed by atoms with Crippen molar-refractivity contribution in [3.05, 3.63) is 60.0 Å². The van der Waals surface area contributed by atoms with Crippen molar-refractivity contribution in [2.45, 2.75) is 25.5 Å². The van der Waals surface area contributed by atoms with E-state index < -0.39 is 0 Å². The predicted molar refractivity (Wildman–Crippen MR) is 121 cm³/mol. The first-order chi connectivity index (χ1) is 15.7. The molecule has 2 saturated heterocycles. The second kappa shape index (κ2) is 9.00. The molecule has 2 fully saturated rings. The molecule has 166 valence electrons. The fourth-order valence-corrected chi connectivity index (χ4v) is 4.08. The van der Waals surface area contributed by atoms with Crippen LogP contribution in [0.1, 0.15) is 29.1 Å². The van der Waals surface area contributed by atoms with Crippen molar-refractivity contribution in [1.29, 1.82) is 0 Å². The van der Waals surface area contributed by atoms with E-state index >= 15 is 0 Å². The summed E-state index contributed by atoms with van der Waals surface area (Å²) in [5.41, 5.74) is 3.06. The summed E-state index contributed by atoms with van der Waals surface area (Å²) in [6.07, 6.45) is 2.57. The topological polar surface area (TPSA) is 83.7 Å². The Morgan fingerprint density at radius 1 is 1.06 bits per heavy atom. The Bertz CT molecular complexity index is 1050. The first-order valence-corrected chi connectivity index (χ1v) is 11.1. The molecule has 0 bridgehead atoms. The number of amides is 1. The third kappa shape index (κ3) is 4.45. The molecule has 32 heavy (non-hydrogen) atoms. The lowest BCUT2D eigenvalue weighted by Gasteiger charge is -2.38. The largest absolute Gasteiger partial charge is 0.487 e. The smallest absolute Gasteiger partial charge is 0.311 e. The van der Waals surface area contributed by atoms with Gasteiger partial charge in [0.2, 0.25) is 5.89 Å². The van der Waals surface area contributed by atoms with Gasteiger partial charge in [0.1, 0.15) is 11.9 Å². The van der Waals surface area contributed by atoms with E-state index in [1.165, 1.54) is 31.5 Å². The van der Waals surface area contributed by atoms with Gasteiger partial charge in [-0.2, -0.15) is 0 Å². The van der Waals surface area contributed by atoms with E-state index in [9.17, 15) is 4.79 Å². The number of hydrogen-bond donors (Lipinski definition) is 1. The van der Waals surface area contributed by atoms with Crippen LogP contribution in [0.4, 0.5) is 5.69 Å². The molecular formula is C24H27N5O3. The molecule has 0 radical (unpaired) electrons. The number of nitrogens with one attached hydrogen (secondary N) is 1. The Labute approximate surface area is 187 Å². The van der Waals surface area contributed by atoms with Gasteiger partial charge in [0.25, 0.3) is 0 Å². The summed E-state index contributed by atoms with van der Waals surface area (Å²) in [4.78, 5) is 16.8. The van der Waals surface area contributed by atoms with Crippen molar-refractivity contribution in [3.63, 3.8) is 0 Å². The molecule has 8 heteroatoms. The number of rotatable bonds is 7. The zero-order chi connectivity index (χ0) is 21.9. The third-order valence-corrected chi connectivity index (χ3v) is 5.99. The van der Waals surface area contributed by atoms with Gasteiger partial charge in [-0.05, 0) is 67.9 Å². The van der Waals surface area contributed by atoms with Crippen LogP contribution in [0.25, 0.3) is 11.5 Å². The summed E-state index contributed by atoms with van der Waals surface area (Å²) >= 11 is 0. The van der Waals surface area contributed by atoms with E-state index in [0.29, 0.717) is 19.0 Å². The number of carbonyl (C=O) groups is 1. The maximum Gasteiger partial charge on any atom is 0.311 e. The highest BCUT2D eigenvalue weighted by Crippen LogP contribution is 2.24. The molecular weight excluding hydrogens is 406 g/mol. The summed E-state index contributed by atoms with van der Waals surface area (Å²) in [6, 6.07) is 15.8. The summed E-state index contributed by atoms with van der Waals surface area (Å²) in [7, 11) is 1.85. The number of carbonyl (C=O) groups excluding carboxylic acids is 1. The molecule has 0 spiro atoms. The van der Waals surface area contributed by atoms with E-state index in [1.54, 1.807) is 4.90 Å². The van der Waals surface area contributed by atoms with Gasteiger partial charge < -0.3 is 19.4 Å².